The molecule has 4 rings (SSSR count). The molecule has 0 bridgehead atoms. The molecule has 0 radical (unpaired) electrons. The summed E-state index contributed by atoms with van der Waals surface area (Å²) in [6.07, 6.45) is 4.34. The van der Waals surface area contributed by atoms with Gasteiger partial charge in [0, 0.05) is 31.1 Å². The van der Waals surface area contributed by atoms with Gasteiger partial charge in [-0.15, -0.1) is 0 Å². The van der Waals surface area contributed by atoms with E-state index in [4.69, 9.17) is 9.26 Å². The van der Waals surface area contributed by atoms with Crippen LogP contribution < -0.4 is 4.90 Å². The van der Waals surface area contributed by atoms with Crippen LogP contribution in [0.2, 0.25) is 0 Å². The number of ether oxygens (including phenoxy) is 1. The van der Waals surface area contributed by atoms with Gasteiger partial charge in [-0.05, 0) is 31.7 Å². The molecular formula is C25H35N3O3. The third-order valence-electron chi connectivity index (χ3n) is 6.31. The standard InChI is InChI=1S/C25H35N3O3/c1-18(2)16-28(24(29)20-8-4-5-9-20)17-22-23(21-10-6-7-19(3)15-21)26-31-25(22)27-11-13-30-14-12-27/h6-7,10,15,18,20H,4-5,8-9,11-14,16-17H2,1-3H3. The van der Waals surface area contributed by atoms with Crippen molar-refractivity contribution in [2.24, 2.45) is 11.8 Å². The number of hydrogen-bond donors (Lipinski definition) is 0. The summed E-state index contributed by atoms with van der Waals surface area (Å²) >= 11 is 0. The Kier molecular flexibility index (Phi) is 6.96. The number of carbonyl (C=O) groups excluding carboxylic acids is 1. The Balaban J connectivity index is 1.70. The Labute approximate surface area is 185 Å². The van der Waals surface area contributed by atoms with Gasteiger partial charge in [0.2, 0.25) is 11.8 Å². The van der Waals surface area contributed by atoms with E-state index < -0.39 is 0 Å². The second-order valence-electron chi connectivity index (χ2n) is 9.38. The number of benzene rings is 1. The Morgan fingerprint density at radius 1 is 1.23 bits per heavy atom. The van der Waals surface area contributed by atoms with Crippen LogP contribution in [-0.2, 0) is 16.1 Å². The molecule has 0 N–H and O–H groups in total. The summed E-state index contributed by atoms with van der Waals surface area (Å²) in [5, 5.41) is 4.50. The Morgan fingerprint density at radius 3 is 2.65 bits per heavy atom. The van der Waals surface area contributed by atoms with Gasteiger partial charge in [-0.1, -0.05) is 55.6 Å². The van der Waals surface area contributed by atoms with Gasteiger partial charge in [0.05, 0.1) is 25.3 Å². The van der Waals surface area contributed by atoms with Gasteiger partial charge < -0.3 is 19.1 Å². The zero-order valence-corrected chi connectivity index (χ0v) is 19.1. The molecule has 1 aromatic heterocycles. The first-order chi connectivity index (χ1) is 15.0. The van der Waals surface area contributed by atoms with Crippen molar-refractivity contribution in [1.82, 2.24) is 10.1 Å². The van der Waals surface area contributed by atoms with Crippen molar-refractivity contribution in [3.8, 4) is 11.3 Å². The molecular weight excluding hydrogens is 390 g/mol. The number of anilines is 1. The van der Waals surface area contributed by atoms with Gasteiger partial charge in [-0.2, -0.15) is 0 Å². The maximum atomic E-state index is 13.4. The average Bonchev–Trinajstić information content (AvgIpc) is 3.43. The zero-order valence-electron chi connectivity index (χ0n) is 19.1. The van der Waals surface area contributed by atoms with Crippen molar-refractivity contribution in [3.63, 3.8) is 0 Å². The molecule has 1 aliphatic heterocycles. The van der Waals surface area contributed by atoms with E-state index in [1.54, 1.807) is 0 Å². The van der Waals surface area contributed by atoms with Crippen LogP contribution in [0.15, 0.2) is 28.8 Å². The van der Waals surface area contributed by atoms with E-state index in [0.717, 1.165) is 68.0 Å². The molecule has 2 aromatic rings. The highest BCUT2D eigenvalue weighted by atomic mass is 16.5. The Hall–Kier alpha value is -2.34. The van der Waals surface area contributed by atoms with Crippen molar-refractivity contribution in [2.45, 2.75) is 53.0 Å². The number of aryl methyl sites for hydroxylation is 1. The van der Waals surface area contributed by atoms with Gasteiger partial charge in [-0.25, -0.2) is 0 Å². The topological polar surface area (TPSA) is 58.8 Å². The lowest BCUT2D eigenvalue weighted by Crippen LogP contribution is -2.39. The summed E-state index contributed by atoms with van der Waals surface area (Å²) < 4.78 is 11.5. The van der Waals surface area contributed by atoms with E-state index in [1.165, 1.54) is 5.56 Å². The molecule has 1 aliphatic carbocycles. The predicted molar refractivity (Wildman–Crippen MR) is 122 cm³/mol. The van der Waals surface area contributed by atoms with Crippen LogP contribution >= 0.6 is 0 Å². The molecule has 0 spiro atoms. The number of rotatable bonds is 7. The molecule has 2 heterocycles. The predicted octanol–water partition coefficient (Wildman–Crippen LogP) is 4.66. The van der Waals surface area contributed by atoms with Crippen LogP contribution in [0.3, 0.4) is 0 Å². The summed E-state index contributed by atoms with van der Waals surface area (Å²) in [5.41, 5.74) is 4.08. The van der Waals surface area contributed by atoms with Gasteiger partial charge in [-0.3, -0.25) is 4.79 Å². The second-order valence-corrected chi connectivity index (χ2v) is 9.38. The molecule has 168 valence electrons. The van der Waals surface area contributed by atoms with Crippen LogP contribution in [0, 0.1) is 18.8 Å². The van der Waals surface area contributed by atoms with Crippen LogP contribution in [0.5, 0.6) is 0 Å². The normalized spacial score (nSPS) is 17.5. The third-order valence-corrected chi connectivity index (χ3v) is 6.31. The number of hydrogen-bond acceptors (Lipinski definition) is 5. The van der Waals surface area contributed by atoms with E-state index in [1.807, 2.05) is 6.07 Å². The van der Waals surface area contributed by atoms with E-state index in [9.17, 15) is 4.79 Å². The van der Waals surface area contributed by atoms with Crippen LogP contribution in [-0.4, -0.2) is 48.8 Å². The minimum absolute atomic E-state index is 0.160. The minimum atomic E-state index is 0.160. The molecule has 6 heteroatoms. The molecule has 6 nitrogen and oxygen atoms in total. The molecule has 1 saturated heterocycles. The molecule has 1 saturated carbocycles. The smallest absolute Gasteiger partial charge is 0.233 e. The average molecular weight is 426 g/mol. The van der Waals surface area contributed by atoms with Crippen LogP contribution in [0.25, 0.3) is 11.3 Å². The lowest BCUT2D eigenvalue weighted by atomic mass is 10.0. The van der Waals surface area contributed by atoms with Crippen molar-refractivity contribution in [3.05, 3.63) is 35.4 Å². The van der Waals surface area contributed by atoms with Crippen molar-refractivity contribution >= 4 is 11.8 Å². The van der Waals surface area contributed by atoms with Crippen LogP contribution in [0.1, 0.15) is 50.7 Å². The van der Waals surface area contributed by atoms with Gasteiger partial charge in [0.15, 0.2) is 0 Å². The first-order valence-electron chi connectivity index (χ1n) is 11.7. The lowest BCUT2D eigenvalue weighted by Gasteiger charge is -2.30. The highest BCUT2D eigenvalue weighted by molar-refractivity contribution is 5.80. The highest BCUT2D eigenvalue weighted by Gasteiger charge is 2.31. The highest BCUT2D eigenvalue weighted by Crippen LogP contribution is 2.35. The Morgan fingerprint density at radius 2 is 1.97 bits per heavy atom. The molecule has 1 amide bonds. The first-order valence-corrected chi connectivity index (χ1v) is 11.7. The minimum Gasteiger partial charge on any atom is -0.378 e. The number of nitrogens with zero attached hydrogens (tertiary/aromatic N) is 3. The summed E-state index contributed by atoms with van der Waals surface area (Å²) in [6, 6.07) is 8.34. The fourth-order valence-electron chi connectivity index (χ4n) is 4.77. The summed E-state index contributed by atoms with van der Waals surface area (Å²) in [5.74, 6) is 1.63. The molecule has 1 aromatic carbocycles. The Bertz CT molecular complexity index is 880. The summed E-state index contributed by atoms with van der Waals surface area (Å²) in [7, 11) is 0. The first kappa shape index (κ1) is 21.9. The van der Waals surface area contributed by atoms with Crippen LogP contribution in [0.4, 0.5) is 5.88 Å². The van der Waals surface area contributed by atoms with Gasteiger partial charge in [0.25, 0.3) is 0 Å². The van der Waals surface area contributed by atoms with Crippen molar-refractivity contribution in [2.75, 3.05) is 37.7 Å². The SMILES string of the molecule is Cc1cccc(-c2noc(N3CCOCC3)c2CN(CC(C)C)C(=O)C2CCCC2)c1. The van der Waals surface area contributed by atoms with E-state index >= 15 is 0 Å². The van der Waals surface area contributed by atoms with Gasteiger partial charge in [0.1, 0.15) is 5.69 Å². The van der Waals surface area contributed by atoms with E-state index in [0.29, 0.717) is 25.7 Å². The molecule has 2 aliphatic rings. The second kappa shape index (κ2) is 9.86. The summed E-state index contributed by atoms with van der Waals surface area (Å²) in [6.45, 7) is 10.6. The third kappa shape index (κ3) is 5.12. The lowest BCUT2D eigenvalue weighted by molar-refractivity contribution is -0.136. The number of carbonyl (C=O) groups is 1. The maximum Gasteiger partial charge on any atom is 0.233 e. The maximum absolute atomic E-state index is 13.4. The van der Waals surface area contributed by atoms with Crippen molar-refractivity contribution < 1.29 is 14.1 Å². The van der Waals surface area contributed by atoms with E-state index in [-0.39, 0.29) is 11.8 Å². The number of morpholine rings is 1. The molecule has 2 fully saturated rings. The molecule has 0 atom stereocenters. The molecule has 0 unspecified atom stereocenters. The fraction of sp³-hybridized carbons (Fsp3) is 0.600. The monoisotopic (exact) mass is 425 g/mol. The zero-order chi connectivity index (χ0) is 21.8. The molecule has 31 heavy (non-hydrogen) atoms. The quantitative estimate of drug-likeness (QED) is 0.646. The van der Waals surface area contributed by atoms with E-state index in [2.05, 4.69) is 53.9 Å². The largest absolute Gasteiger partial charge is 0.378 e. The number of amides is 1. The fourth-order valence-corrected chi connectivity index (χ4v) is 4.77. The number of aromatic nitrogens is 1. The van der Waals surface area contributed by atoms with Gasteiger partial charge >= 0.3 is 0 Å². The van der Waals surface area contributed by atoms with Crippen molar-refractivity contribution in [1.29, 1.82) is 0 Å². The summed E-state index contributed by atoms with van der Waals surface area (Å²) in [4.78, 5) is 17.7.